The van der Waals surface area contributed by atoms with Crippen LogP contribution >= 0.6 is 11.3 Å². The molecule has 0 amide bonds. The Bertz CT molecular complexity index is 1170. The number of imidazole rings is 1. The van der Waals surface area contributed by atoms with Gasteiger partial charge >= 0.3 is 0 Å². The predicted molar refractivity (Wildman–Crippen MR) is 114 cm³/mol. The van der Waals surface area contributed by atoms with Crippen molar-refractivity contribution in [3.05, 3.63) is 69.9 Å². The van der Waals surface area contributed by atoms with Crippen LogP contribution in [-0.2, 0) is 7.05 Å². The first kappa shape index (κ1) is 18.3. The SMILES string of the molecule is COc1ccc(/C=C(\c2nc(C)cs2)c2nc3ccccc3n2C)cc1OC. The lowest BCUT2D eigenvalue weighted by Gasteiger charge is -2.09. The van der Waals surface area contributed by atoms with Gasteiger partial charge in [-0.2, -0.15) is 0 Å². The van der Waals surface area contributed by atoms with Crippen LogP contribution in [0.5, 0.6) is 11.5 Å². The highest BCUT2D eigenvalue weighted by molar-refractivity contribution is 7.11. The summed E-state index contributed by atoms with van der Waals surface area (Å²) >= 11 is 1.62. The van der Waals surface area contributed by atoms with Crippen LogP contribution in [-0.4, -0.2) is 28.8 Å². The van der Waals surface area contributed by atoms with E-state index in [0.29, 0.717) is 11.5 Å². The van der Waals surface area contributed by atoms with Gasteiger partial charge < -0.3 is 14.0 Å². The van der Waals surface area contributed by atoms with E-state index in [4.69, 9.17) is 19.4 Å². The lowest BCUT2D eigenvalue weighted by Crippen LogP contribution is -1.99. The molecule has 142 valence electrons. The Morgan fingerprint density at radius 3 is 2.50 bits per heavy atom. The molecular weight excluding hydrogens is 370 g/mol. The highest BCUT2D eigenvalue weighted by atomic mass is 32.1. The summed E-state index contributed by atoms with van der Waals surface area (Å²) in [6.45, 7) is 2.00. The molecule has 5 nitrogen and oxygen atoms in total. The quantitative estimate of drug-likeness (QED) is 0.483. The molecule has 0 N–H and O–H groups in total. The van der Waals surface area contributed by atoms with Crippen molar-refractivity contribution < 1.29 is 9.47 Å². The smallest absolute Gasteiger partial charge is 0.161 e. The van der Waals surface area contributed by atoms with Gasteiger partial charge in [0, 0.05) is 18.1 Å². The summed E-state index contributed by atoms with van der Waals surface area (Å²) in [6.07, 6.45) is 2.10. The van der Waals surface area contributed by atoms with Gasteiger partial charge in [0.15, 0.2) is 11.5 Å². The van der Waals surface area contributed by atoms with Gasteiger partial charge in [0.25, 0.3) is 0 Å². The largest absolute Gasteiger partial charge is 0.493 e. The third-order valence-electron chi connectivity index (χ3n) is 4.60. The number of nitrogens with zero attached hydrogens (tertiary/aromatic N) is 3. The van der Waals surface area contributed by atoms with Crippen LogP contribution in [0.1, 0.15) is 22.1 Å². The minimum atomic E-state index is 0.691. The summed E-state index contributed by atoms with van der Waals surface area (Å²) in [5.41, 5.74) is 5.02. The Kier molecular flexibility index (Phi) is 4.88. The Balaban J connectivity index is 1.91. The van der Waals surface area contributed by atoms with E-state index in [9.17, 15) is 0 Å². The molecule has 0 aliphatic rings. The molecule has 4 aromatic rings. The standard InChI is InChI=1S/C22H21N3O2S/c1-14-13-28-22(23-14)16(11-15-9-10-19(26-3)20(12-15)27-4)21-24-17-7-5-6-8-18(17)25(21)2/h5-13H,1-4H3/b16-11-. The van der Waals surface area contributed by atoms with Crippen molar-refractivity contribution in [3.63, 3.8) is 0 Å². The topological polar surface area (TPSA) is 49.2 Å². The molecule has 2 heterocycles. The van der Waals surface area contributed by atoms with Crippen molar-refractivity contribution in [1.82, 2.24) is 14.5 Å². The van der Waals surface area contributed by atoms with Crippen molar-refractivity contribution in [2.75, 3.05) is 14.2 Å². The zero-order chi connectivity index (χ0) is 19.7. The zero-order valence-electron chi connectivity index (χ0n) is 16.3. The summed E-state index contributed by atoms with van der Waals surface area (Å²) in [5.74, 6) is 2.27. The molecule has 0 saturated heterocycles. The van der Waals surface area contributed by atoms with E-state index in [1.54, 1.807) is 25.6 Å². The van der Waals surface area contributed by atoms with E-state index in [-0.39, 0.29) is 0 Å². The molecule has 0 bridgehead atoms. The first-order valence-corrected chi connectivity index (χ1v) is 9.76. The van der Waals surface area contributed by atoms with Crippen LogP contribution in [0, 0.1) is 6.92 Å². The van der Waals surface area contributed by atoms with E-state index >= 15 is 0 Å². The van der Waals surface area contributed by atoms with Gasteiger partial charge in [0.1, 0.15) is 10.8 Å². The number of aryl methyl sites for hydroxylation is 2. The maximum Gasteiger partial charge on any atom is 0.161 e. The molecule has 0 fully saturated rings. The van der Waals surface area contributed by atoms with Crippen LogP contribution in [0.4, 0.5) is 0 Å². The maximum atomic E-state index is 5.46. The summed E-state index contributed by atoms with van der Waals surface area (Å²) < 4.78 is 12.9. The van der Waals surface area contributed by atoms with Gasteiger partial charge in [-0.25, -0.2) is 9.97 Å². The molecule has 2 aromatic carbocycles. The first-order valence-electron chi connectivity index (χ1n) is 8.88. The predicted octanol–water partition coefficient (Wildman–Crippen LogP) is 4.94. The highest BCUT2D eigenvalue weighted by Crippen LogP contribution is 2.33. The molecule has 0 spiro atoms. The van der Waals surface area contributed by atoms with E-state index < -0.39 is 0 Å². The van der Waals surface area contributed by atoms with E-state index in [1.807, 2.05) is 50.4 Å². The van der Waals surface area contributed by atoms with Crippen molar-refractivity contribution in [1.29, 1.82) is 0 Å². The molecule has 6 heteroatoms. The van der Waals surface area contributed by atoms with Crippen LogP contribution < -0.4 is 9.47 Å². The minimum Gasteiger partial charge on any atom is -0.493 e. The van der Waals surface area contributed by atoms with Crippen molar-refractivity contribution in [2.24, 2.45) is 7.05 Å². The fourth-order valence-electron chi connectivity index (χ4n) is 3.20. The molecule has 2 aromatic heterocycles. The first-order chi connectivity index (χ1) is 13.6. The number of thiazole rings is 1. The molecular formula is C22H21N3O2S. The molecule has 0 aliphatic heterocycles. The number of benzene rings is 2. The number of aromatic nitrogens is 3. The lowest BCUT2D eigenvalue weighted by molar-refractivity contribution is 0.355. The van der Waals surface area contributed by atoms with Crippen LogP contribution in [0.3, 0.4) is 0 Å². The second-order valence-corrected chi connectivity index (χ2v) is 7.31. The fourth-order valence-corrected chi connectivity index (χ4v) is 4.00. The number of para-hydroxylation sites is 2. The van der Waals surface area contributed by atoms with Crippen LogP contribution in [0.25, 0.3) is 22.7 Å². The van der Waals surface area contributed by atoms with Gasteiger partial charge in [-0.15, -0.1) is 11.3 Å². The molecule has 0 radical (unpaired) electrons. The monoisotopic (exact) mass is 391 g/mol. The molecule has 0 aliphatic carbocycles. The van der Waals surface area contributed by atoms with Gasteiger partial charge in [-0.3, -0.25) is 0 Å². The van der Waals surface area contributed by atoms with Crippen LogP contribution in [0.15, 0.2) is 47.8 Å². The zero-order valence-corrected chi connectivity index (χ0v) is 17.1. The van der Waals surface area contributed by atoms with Crippen molar-refractivity contribution in [2.45, 2.75) is 6.92 Å². The second kappa shape index (κ2) is 7.48. The number of hydrogen-bond acceptors (Lipinski definition) is 5. The van der Waals surface area contributed by atoms with E-state index in [2.05, 4.69) is 22.1 Å². The summed E-state index contributed by atoms with van der Waals surface area (Å²) in [5, 5.41) is 2.99. The average Bonchev–Trinajstić information content (AvgIpc) is 3.29. The lowest BCUT2D eigenvalue weighted by atomic mass is 10.1. The normalized spacial score (nSPS) is 11.8. The maximum absolute atomic E-state index is 5.46. The third-order valence-corrected chi connectivity index (χ3v) is 5.59. The van der Waals surface area contributed by atoms with E-state index in [1.165, 1.54) is 0 Å². The average molecular weight is 391 g/mol. The Morgan fingerprint density at radius 2 is 1.82 bits per heavy atom. The summed E-state index contributed by atoms with van der Waals surface area (Å²) in [6, 6.07) is 14.0. The third kappa shape index (κ3) is 3.27. The fraction of sp³-hybridized carbons (Fsp3) is 0.182. The number of hydrogen-bond donors (Lipinski definition) is 0. The number of rotatable bonds is 5. The van der Waals surface area contributed by atoms with Gasteiger partial charge in [-0.1, -0.05) is 18.2 Å². The van der Waals surface area contributed by atoms with E-state index in [0.717, 1.165) is 38.7 Å². The highest BCUT2D eigenvalue weighted by Gasteiger charge is 2.17. The molecule has 4 rings (SSSR count). The Hall–Kier alpha value is -3.12. The Labute approximate surface area is 167 Å². The number of methoxy groups -OCH3 is 2. The minimum absolute atomic E-state index is 0.691. The number of fused-ring (bicyclic) bond motifs is 1. The molecule has 0 saturated carbocycles. The summed E-state index contributed by atoms with van der Waals surface area (Å²) in [4.78, 5) is 9.59. The summed E-state index contributed by atoms with van der Waals surface area (Å²) in [7, 11) is 5.31. The number of ether oxygens (including phenoxy) is 2. The van der Waals surface area contributed by atoms with Gasteiger partial charge in [0.2, 0.25) is 0 Å². The molecule has 0 atom stereocenters. The van der Waals surface area contributed by atoms with Crippen LogP contribution in [0.2, 0.25) is 0 Å². The van der Waals surface area contributed by atoms with Crippen molar-refractivity contribution in [3.8, 4) is 11.5 Å². The Morgan fingerprint density at radius 1 is 1.04 bits per heavy atom. The molecule has 28 heavy (non-hydrogen) atoms. The van der Waals surface area contributed by atoms with Crippen molar-refractivity contribution >= 4 is 34.0 Å². The molecule has 0 unspecified atom stereocenters. The second-order valence-electron chi connectivity index (χ2n) is 6.45. The van der Waals surface area contributed by atoms with Gasteiger partial charge in [-0.05, 0) is 42.8 Å². The van der Waals surface area contributed by atoms with Gasteiger partial charge in [0.05, 0.1) is 30.8 Å².